The van der Waals surface area contributed by atoms with Gasteiger partial charge in [0.25, 0.3) is 0 Å². The number of rotatable bonds is 5. The number of thiocarbonyl (C=S) groups is 1. The summed E-state index contributed by atoms with van der Waals surface area (Å²) in [6.07, 6.45) is 2.53. The molecule has 104 valence electrons. The van der Waals surface area contributed by atoms with E-state index < -0.39 is 0 Å². The van der Waals surface area contributed by atoms with Crippen molar-refractivity contribution in [1.29, 1.82) is 0 Å². The molecule has 3 nitrogen and oxygen atoms in total. The van der Waals surface area contributed by atoms with Crippen LogP contribution in [0.4, 0.5) is 0 Å². The summed E-state index contributed by atoms with van der Waals surface area (Å²) in [6, 6.07) is 8.24. The van der Waals surface area contributed by atoms with E-state index in [1.165, 1.54) is 18.4 Å². The predicted molar refractivity (Wildman–Crippen MR) is 82.2 cm³/mol. The molecule has 1 saturated heterocycles. The van der Waals surface area contributed by atoms with Crippen LogP contribution >= 0.6 is 12.2 Å². The minimum Gasteiger partial charge on any atom is -0.389 e. The highest BCUT2D eigenvalue weighted by atomic mass is 32.1. The van der Waals surface area contributed by atoms with Gasteiger partial charge in [-0.15, -0.1) is 0 Å². The molecule has 1 aromatic carbocycles. The van der Waals surface area contributed by atoms with Gasteiger partial charge in [0.2, 0.25) is 0 Å². The number of hydrogen-bond donors (Lipinski definition) is 1. The first-order chi connectivity index (χ1) is 9.19. The molecule has 0 aliphatic carbocycles. The zero-order chi connectivity index (χ0) is 13.7. The highest BCUT2D eigenvalue weighted by Crippen LogP contribution is 2.19. The Kier molecular flexibility index (Phi) is 5.31. The van der Waals surface area contributed by atoms with Crippen molar-refractivity contribution >= 4 is 17.2 Å². The molecule has 19 heavy (non-hydrogen) atoms. The summed E-state index contributed by atoms with van der Waals surface area (Å²) in [6.45, 7) is 4.11. The van der Waals surface area contributed by atoms with Crippen LogP contribution in [0.5, 0.6) is 0 Å². The van der Waals surface area contributed by atoms with E-state index in [4.69, 9.17) is 22.7 Å². The van der Waals surface area contributed by atoms with Gasteiger partial charge < -0.3 is 10.5 Å². The molecule has 0 radical (unpaired) electrons. The van der Waals surface area contributed by atoms with Gasteiger partial charge in [-0.05, 0) is 36.9 Å². The summed E-state index contributed by atoms with van der Waals surface area (Å²) < 4.78 is 5.27. The second-order valence-corrected chi connectivity index (χ2v) is 5.70. The van der Waals surface area contributed by atoms with Crippen LogP contribution in [-0.4, -0.2) is 36.7 Å². The summed E-state index contributed by atoms with van der Waals surface area (Å²) in [5, 5.41) is 0. The highest BCUT2D eigenvalue weighted by molar-refractivity contribution is 7.80. The maximum absolute atomic E-state index is 5.68. The Morgan fingerprint density at radius 2 is 2.37 bits per heavy atom. The van der Waals surface area contributed by atoms with Crippen molar-refractivity contribution < 1.29 is 4.74 Å². The Bertz CT molecular complexity index is 434. The topological polar surface area (TPSA) is 38.5 Å². The van der Waals surface area contributed by atoms with Gasteiger partial charge in [0, 0.05) is 25.8 Å². The first kappa shape index (κ1) is 14.4. The number of nitrogens with two attached hydrogens (primary N) is 1. The van der Waals surface area contributed by atoms with E-state index in [1.54, 1.807) is 7.11 Å². The van der Waals surface area contributed by atoms with Gasteiger partial charge in [-0.3, -0.25) is 4.90 Å². The van der Waals surface area contributed by atoms with E-state index in [0.717, 1.165) is 31.8 Å². The van der Waals surface area contributed by atoms with Gasteiger partial charge >= 0.3 is 0 Å². The molecule has 1 atom stereocenters. The molecular formula is C15H22N2OS. The van der Waals surface area contributed by atoms with Gasteiger partial charge in [-0.1, -0.05) is 30.4 Å². The largest absolute Gasteiger partial charge is 0.389 e. The number of likely N-dealkylation sites (tertiary alicyclic amines) is 1. The smallest absolute Gasteiger partial charge is 0.103 e. The first-order valence-electron chi connectivity index (χ1n) is 6.79. The van der Waals surface area contributed by atoms with Crippen molar-refractivity contribution in [3.05, 3.63) is 35.4 Å². The molecule has 1 aliphatic heterocycles. The molecule has 0 spiro atoms. The van der Waals surface area contributed by atoms with E-state index in [1.807, 2.05) is 12.1 Å². The van der Waals surface area contributed by atoms with E-state index in [-0.39, 0.29) is 0 Å². The van der Waals surface area contributed by atoms with E-state index in [0.29, 0.717) is 10.9 Å². The molecule has 2 N–H and O–H groups in total. The van der Waals surface area contributed by atoms with E-state index in [9.17, 15) is 0 Å². The Hall–Kier alpha value is -0.970. The molecule has 1 aromatic rings. The molecule has 0 amide bonds. The lowest BCUT2D eigenvalue weighted by atomic mass is 9.98. The van der Waals surface area contributed by atoms with Crippen LogP contribution < -0.4 is 5.73 Å². The van der Waals surface area contributed by atoms with Gasteiger partial charge in [0.15, 0.2) is 0 Å². The Labute approximate surface area is 120 Å². The monoisotopic (exact) mass is 278 g/mol. The average Bonchev–Trinajstić information content (AvgIpc) is 2.40. The Morgan fingerprint density at radius 3 is 3.11 bits per heavy atom. The Morgan fingerprint density at radius 1 is 1.53 bits per heavy atom. The minimum atomic E-state index is 0.470. The van der Waals surface area contributed by atoms with Crippen LogP contribution in [0.25, 0.3) is 0 Å². The van der Waals surface area contributed by atoms with Gasteiger partial charge in [-0.2, -0.15) is 0 Å². The maximum atomic E-state index is 5.68. The van der Waals surface area contributed by atoms with Crippen LogP contribution in [0.3, 0.4) is 0 Å². The fourth-order valence-corrected chi connectivity index (χ4v) is 2.87. The first-order valence-corrected chi connectivity index (χ1v) is 7.20. The molecule has 0 saturated carbocycles. The lowest BCUT2D eigenvalue weighted by Gasteiger charge is -2.32. The molecule has 0 bridgehead atoms. The number of nitrogens with zero attached hydrogens (tertiary/aromatic N) is 1. The number of hydrogen-bond acceptors (Lipinski definition) is 3. The van der Waals surface area contributed by atoms with Crippen LogP contribution in [-0.2, 0) is 11.3 Å². The standard InChI is InChI=1S/C15H22N2OS/c1-18-11-13-5-3-7-17(10-13)9-12-4-2-6-14(8-12)15(16)19/h2,4,6,8,13H,3,5,7,9-11H2,1H3,(H2,16,19). The van der Waals surface area contributed by atoms with Crippen LogP contribution in [0.15, 0.2) is 24.3 Å². The molecule has 1 unspecified atom stereocenters. The summed E-state index contributed by atoms with van der Waals surface area (Å²) >= 11 is 5.03. The predicted octanol–water partition coefficient (Wildman–Crippen LogP) is 2.18. The maximum Gasteiger partial charge on any atom is 0.103 e. The van der Waals surface area contributed by atoms with Crippen molar-refractivity contribution in [1.82, 2.24) is 4.90 Å². The van der Waals surface area contributed by atoms with Crippen molar-refractivity contribution in [3.8, 4) is 0 Å². The fourth-order valence-electron chi connectivity index (χ4n) is 2.75. The van der Waals surface area contributed by atoms with Gasteiger partial charge in [0.05, 0.1) is 6.61 Å². The Balaban J connectivity index is 1.96. The molecule has 1 fully saturated rings. The molecule has 0 aromatic heterocycles. The summed E-state index contributed by atoms with van der Waals surface area (Å²) in [5.74, 6) is 0.664. The number of ether oxygens (including phenoxy) is 1. The number of piperidine rings is 1. The second kappa shape index (κ2) is 6.98. The second-order valence-electron chi connectivity index (χ2n) is 5.26. The molecule has 1 aliphatic rings. The molecule has 1 heterocycles. The lowest BCUT2D eigenvalue weighted by Crippen LogP contribution is -2.36. The van der Waals surface area contributed by atoms with E-state index >= 15 is 0 Å². The lowest BCUT2D eigenvalue weighted by molar-refractivity contribution is 0.0874. The third-order valence-electron chi connectivity index (χ3n) is 3.62. The third-order valence-corrected chi connectivity index (χ3v) is 3.86. The quantitative estimate of drug-likeness (QED) is 0.838. The van der Waals surface area contributed by atoms with Crippen molar-refractivity contribution in [3.63, 3.8) is 0 Å². The molecule has 4 heteroatoms. The van der Waals surface area contributed by atoms with Crippen LogP contribution in [0, 0.1) is 5.92 Å². The van der Waals surface area contributed by atoms with Gasteiger partial charge in [-0.25, -0.2) is 0 Å². The van der Waals surface area contributed by atoms with Gasteiger partial charge in [0.1, 0.15) is 4.99 Å². The van der Waals surface area contributed by atoms with Crippen molar-refractivity contribution in [2.24, 2.45) is 11.7 Å². The van der Waals surface area contributed by atoms with Crippen molar-refractivity contribution in [2.75, 3.05) is 26.8 Å². The third kappa shape index (κ3) is 4.27. The summed E-state index contributed by atoms with van der Waals surface area (Å²) in [5.41, 5.74) is 7.92. The normalized spacial score (nSPS) is 20.4. The zero-order valence-electron chi connectivity index (χ0n) is 11.5. The molecule has 2 rings (SSSR count). The van der Waals surface area contributed by atoms with Crippen LogP contribution in [0.2, 0.25) is 0 Å². The number of benzene rings is 1. The SMILES string of the molecule is COCC1CCCN(Cc2cccc(C(N)=S)c2)C1. The van der Waals surface area contributed by atoms with Crippen LogP contribution in [0.1, 0.15) is 24.0 Å². The summed E-state index contributed by atoms with van der Waals surface area (Å²) in [4.78, 5) is 2.96. The molecular weight excluding hydrogens is 256 g/mol. The van der Waals surface area contributed by atoms with E-state index in [2.05, 4.69) is 17.0 Å². The number of methoxy groups -OCH3 is 1. The zero-order valence-corrected chi connectivity index (χ0v) is 12.3. The fraction of sp³-hybridized carbons (Fsp3) is 0.533. The minimum absolute atomic E-state index is 0.470. The van der Waals surface area contributed by atoms with Crippen molar-refractivity contribution in [2.45, 2.75) is 19.4 Å². The summed E-state index contributed by atoms with van der Waals surface area (Å²) in [7, 11) is 1.78. The average molecular weight is 278 g/mol. The highest BCUT2D eigenvalue weighted by Gasteiger charge is 2.19.